The number of rotatable bonds is 3. The van der Waals surface area contributed by atoms with Gasteiger partial charge in [-0.15, -0.1) is 0 Å². The molecule has 1 heterocycles. The zero-order valence-corrected chi connectivity index (χ0v) is 11.9. The molecule has 0 bridgehead atoms. The minimum Gasteiger partial charge on any atom is -0.477 e. The lowest BCUT2D eigenvalue weighted by atomic mass is 10.0. The van der Waals surface area contributed by atoms with Crippen LogP contribution in [-0.2, 0) is 4.79 Å². The van der Waals surface area contributed by atoms with Gasteiger partial charge in [-0.3, -0.25) is 0 Å². The molecule has 1 aromatic heterocycles. The third-order valence-corrected chi connectivity index (χ3v) is 3.34. The Bertz CT molecular complexity index is 947. The number of aromatic nitrogens is 1. The number of carbonyl (C=O) groups is 1. The van der Waals surface area contributed by atoms with Gasteiger partial charge in [-0.1, -0.05) is 30.3 Å². The van der Waals surface area contributed by atoms with Crippen molar-refractivity contribution in [2.24, 2.45) is 5.73 Å². The largest absolute Gasteiger partial charge is 0.477 e. The van der Waals surface area contributed by atoms with Crippen molar-refractivity contribution >= 4 is 22.8 Å². The molecule has 23 heavy (non-hydrogen) atoms. The highest BCUT2D eigenvalue weighted by Gasteiger charge is 2.18. The van der Waals surface area contributed by atoms with Crippen molar-refractivity contribution in [3.63, 3.8) is 0 Å². The maximum absolute atomic E-state index is 11.1. The number of nitriles is 1. The number of hydrogen-bond donors (Lipinski definition) is 2. The van der Waals surface area contributed by atoms with Crippen molar-refractivity contribution < 1.29 is 14.3 Å². The molecule has 3 rings (SSSR count). The number of nitrogens with zero attached hydrogens (tertiary/aromatic N) is 2. The molecule has 0 unspecified atom stereocenters. The second-order valence-electron chi connectivity index (χ2n) is 4.74. The molecule has 2 aromatic carbocycles. The first-order valence-electron chi connectivity index (χ1n) is 6.70. The van der Waals surface area contributed by atoms with Crippen LogP contribution in [0.3, 0.4) is 0 Å². The third-order valence-electron chi connectivity index (χ3n) is 3.34. The van der Waals surface area contributed by atoms with Gasteiger partial charge < -0.3 is 15.3 Å². The predicted octanol–water partition coefficient (Wildman–Crippen LogP) is 2.77. The summed E-state index contributed by atoms with van der Waals surface area (Å²) in [6.07, 6.45) is 0. The van der Waals surface area contributed by atoms with Crippen LogP contribution in [0.5, 0.6) is 0 Å². The van der Waals surface area contributed by atoms with Crippen LogP contribution in [0.4, 0.5) is 0 Å². The van der Waals surface area contributed by atoms with Gasteiger partial charge in [0.05, 0.1) is 5.70 Å². The smallest absolute Gasteiger partial charge is 0.348 e. The molecule has 0 saturated carbocycles. The Kier molecular flexibility index (Phi) is 3.53. The van der Waals surface area contributed by atoms with E-state index in [0.717, 1.165) is 0 Å². The van der Waals surface area contributed by atoms with E-state index in [4.69, 9.17) is 20.5 Å². The molecule has 0 amide bonds. The number of carboxylic acids is 1. The van der Waals surface area contributed by atoms with Crippen LogP contribution in [-0.4, -0.2) is 16.1 Å². The van der Waals surface area contributed by atoms with Crippen LogP contribution in [0.25, 0.3) is 28.3 Å². The van der Waals surface area contributed by atoms with Gasteiger partial charge in [0, 0.05) is 11.1 Å². The molecule has 3 N–H and O–H groups in total. The van der Waals surface area contributed by atoms with E-state index in [1.165, 1.54) is 0 Å². The Balaban J connectivity index is 2.23. The molecule has 0 atom stereocenters. The summed E-state index contributed by atoms with van der Waals surface area (Å²) in [5.74, 6) is -1.07. The summed E-state index contributed by atoms with van der Waals surface area (Å²) in [5.41, 5.74) is 7.44. The number of carboxylic acid groups (broad SMARTS) is 1. The normalized spacial score (nSPS) is 11.8. The zero-order chi connectivity index (χ0) is 16.4. The molecule has 0 radical (unpaired) electrons. The minimum atomic E-state index is -1.38. The Hall–Kier alpha value is -3.59. The molecule has 112 valence electrons. The predicted molar refractivity (Wildman–Crippen MR) is 83.8 cm³/mol. The highest BCUT2D eigenvalue weighted by molar-refractivity contribution is 6.01. The SMILES string of the molecule is N#CC(C(=O)O)=C(N)c1ccccc1-c1nc2ccccc2o1. The van der Waals surface area contributed by atoms with Crippen LogP contribution in [0.15, 0.2) is 58.5 Å². The van der Waals surface area contributed by atoms with Crippen molar-refractivity contribution in [2.45, 2.75) is 0 Å². The van der Waals surface area contributed by atoms with E-state index in [2.05, 4.69) is 4.98 Å². The fourth-order valence-corrected chi connectivity index (χ4v) is 2.25. The van der Waals surface area contributed by atoms with Crippen LogP contribution in [0, 0.1) is 11.3 Å². The van der Waals surface area contributed by atoms with Gasteiger partial charge in [-0.2, -0.15) is 5.26 Å². The highest BCUT2D eigenvalue weighted by atomic mass is 16.4. The van der Waals surface area contributed by atoms with Crippen LogP contribution >= 0.6 is 0 Å². The Labute approximate surface area is 131 Å². The van der Waals surface area contributed by atoms with Gasteiger partial charge >= 0.3 is 5.97 Å². The van der Waals surface area contributed by atoms with E-state index >= 15 is 0 Å². The lowest BCUT2D eigenvalue weighted by Crippen LogP contribution is -2.09. The van der Waals surface area contributed by atoms with Gasteiger partial charge in [0.25, 0.3) is 0 Å². The van der Waals surface area contributed by atoms with Gasteiger partial charge in [-0.05, 0) is 18.2 Å². The number of nitrogens with two attached hydrogens (primary N) is 1. The number of para-hydroxylation sites is 2. The molecule has 6 heteroatoms. The number of fused-ring (bicyclic) bond motifs is 1. The molecule has 0 aliphatic heterocycles. The number of oxazole rings is 1. The Morgan fingerprint density at radius 3 is 2.57 bits per heavy atom. The Morgan fingerprint density at radius 1 is 1.17 bits per heavy atom. The summed E-state index contributed by atoms with van der Waals surface area (Å²) in [6, 6.07) is 15.7. The average Bonchev–Trinajstić information content (AvgIpc) is 2.99. The van der Waals surface area contributed by atoms with E-state index in [1.807, 2.05) is 18.2 Å². The third kappa shape index (κ3) is 2.51. The molecule has 3 aromatic rings. The number of hydrogen-bond acceptors (Lipinski definition) is 5. The van der Waals surface area contributed by atoms with Gasteiger partial charge in [0.1, 0.15) is 11.6 Å². The monoisotopic (exact) mass is 305 g/mol. The molecule has 0 aliphatic rings. The standard InChI is InChI=1S/C17H11N3O3/c18-9-12(17(21)22)15(19)10-5-1-2-6-11(10)16-20-13-7-3-4-8-14(13)23-16/h1-8H,19H2,(H,21,22). The molecule has 6 nitrogen and oxygen atoms in total. The molecule has 0 aliphatic carbocycles. The Morgan fingerprint density at radius 2 is 1.87 bits per heavy atom. The van der Waals surface area contributed by atoms with E-state index in [-0.39, 0.29) is 5.70 Å². The molecular formula is C17H11N3O3. The minimum absolute atomic E-state index is 0.127. The average molecular weight is 305 g/mol. The van der Waals surface area contributed by atoms with Gasteiger partial charge in [-0.25, -0.2) is 9.78 Å². The maximum atomic E-state index is 11.1. The van der Waals surface area contributed by atoms with Crippen molar-refractivity contribution in [1.29, 1.82) is 5.26 Å². The summed E-state index contributed by atoms with van der Waals surface area (Å²) in [4.78, 5) is 15.5. The molecule has 0 fully saturated rings. The van der Waals surface area contributed by atoms with Crippen molar-refractivity contribution in [3.05, 3.63) is 59.7 Å². The zero-order valence-electron chi connectivity index (χ0n) is 11.9. The van der Waals surface area contributed by atoms with Crippen LogP contribution < -0.4 is 5.73 Å². The number of aliphatic carboxylic acids is 1. The second kappa shape index (κ2) is 5.66. The summed E-state index contributed by atoms with van der Waals surface area (Å²) in [7, 11) is 0. The van der Waals surface area contributed by atoms with Gasteiger partial charge in [0.2, 0.25) is 5.89 Å². The quantitative estimate of drug-likeness (QED) is 0.568. The summed E-state index contributed by atoms with van der Waals surface area (Å²) < 4.78 is 5.70. The van der Waals surface area contributed by atoms with Crippen molar-refractivity contribution in [1.82, 2.24) is 4.98 Å². The van der Waals surface area contributed by atoms with Crippen molar-refractivity contribution in [2.75, 3.05) is 0 Å². The van der Waals surface area contributed by atoms with Crippen molar-refractivity contribution in [3.8, 4) is 17.5 Å². The first kappa shape index (κ1) is 14.4. The van der Waals surface area contributed by atoms with Crippen LogP contribution in [0.1, 0.15) is 5.56 Å². The van der Waals surface area contributed by atoms with E-state index < -0.39 is 11.5 Å². The summed E-state index contributed by atoms with van der Waals surface area (Å²) in [6.45, 7) is 0. The fourth-order valence-electron chi connectivity index (χ4n) is 2.25. The highest BCUT2D eigenvalue weighted by Crippen LogP contribution is 2.30. The first-order chi connectivity index (χ1) is 11.1. The second-order valence-corrected chi connectivity index (χ2v) is 4.74. The topological polar surface area (TPSA) is 113 Å². The van der Waals surface area contributed by atoms with E-state index in [9.17, 15) is 4.79 Å². The molecular weight excluding hydrogens is 294 g/mol. The number of benzene rings is 2. The molecule has 0 saturated heterocycles. The lowest BCUT2D eigenvalue weighted by Gasteiger charge is -2.07. The summed E-state index contributed by atoms with van der Waals surface area (Å²) in [5, 5.41) is 18.1. The van der Waals surface area contributed by atoms with Crippen LogP contribution in [0.2, 0.25) is 0 Å². The first-order valence-corrected chi connectivity index (χ1v) is 6.70. The van der Waals surface area contributed by atoms with E-state index in [0.29, 0.717) is 28.1 Å². The maximum Gasteiger partial charge on any atom is 0.348 e. The summed E-state index contributed by atoms with van der Waals surface area (Å²) >= 11 is 0. The lowest BCUT2D eigenvalue weighted by molar-refractivity contribution is -0.132. The van der Waals surface area contributed by atoms with E-state index in [1.54, 1.807) is 36.4 Å². The van der Waals surface area contributed by atoms with Gasteiger partial charge in [0.15, 0.2) is 11.2 Å². The fraction of sp³-hybridized carbons (Fsp3) is 0. The molecule has 0 spiro atoms.